The summed E-state index contributed by atoms with van der Waals surface area (Å²) in [4.78, 5) is 0. The van der Waals surface area contributed by atoms with Crippen LogP contribution in [0, 0.1) is 0 Å². The molecule has 0 radical (unpaired) electrons. The van der Waals surface area contributed by atoms with Gasteiger partial charge >= 0.3 is 0 Å². The molecule has 0 rings (SSSR count). The summed E-state index contributed by atoms with van der Waals surface area (Å²) in [5, 5.41) is 0. The first-order valence-electron chi connectivity index (χ1n) is 28.1. The lowest BCUT2D eigenvalue weighted by Crippen LogP contribution is -3.00. The quantitative estimate of drug-likeness (QED) is 0.0423. The molecule has 0 aromatic heterocycles. The Balaban J connectivity index is 0. The molecule has 0 spiro atoms. The van der Waals surface area contributed by atoms with Crippen LogP contribution in [0.5, 0.6) is 0 Å². The molecule has 58 heavy (non-hydrogen) atoms. The van der Waals surface area contributed by atoms with E-state index in [0.29, 0.717) is 0 Å². The number of quaternary nitrogens is 1. The van der Waals surface area contributed by atoms with Gasteiger partial charge in [0.25, 0.3) is 0 Å². The smallest absolute Gasteiger partial charge is 0.0786 e. The summed E-state index contributed by atoms with van der Waals surface area (Å²) in [6.07, 6.45) is 70.7. The fourth-order valence-corrected chi connectivity index (χ4v) is 9.82. The van der Waals surface area contributed by atoms with Gasteiger partial charge in [-0.3, -0.25) is 0 Å². The van der Waals surface area contributed by atoms with Gasteiger partial charge in [0.2, 0.25) is 0 Å². The second-order valence-corrected chi connectivity index (χ2v) is 19.8. The summed E-state index contributed by atoms with van der Waals surface area (Å²) in [6.45, 7) is 15.3. The van der Waals surface area contributed by atoms with Crippen molar-refractivity contribution in [3.63, 3.8) is 0 Å². The highest BCUT2D eigenvalue weighted by Gasteiger charge is 2.25. The largest absolute Gasteiger partial charge is 1.00 e. The van der Waals surface area contributed by atoms with Crippen LogP contribution in [0.3, 0.4) is 0 Å². The van der Waals surface area contributed by atoms with Crippen molar-refractivity contribution in [2.45, 2.75) is 336 Å². The van der Waals surface area contributed by atoms with Gasteiger partial charge in [-0.1, -0.05) is 285 Å². The SMILES string of the molecule is CCCCCCCCCCCCCC[N+](CCCCCCCCCCCCCC)(CCCCCCCCCCCCCC)CCCCCCCCCCCCCC.[Cl-]. The van der Waals surface area contributed by atoms with E-state index < -0.39 is 0 Å². The summed E-state index contributed by atoms with van der Waals surface area (Å²) < 4.78 is 1.49. The third-order valence-electron chi connectivity index (χ3n) is 13.9. The number of nitrogens with zero attached hydrogens (tertiary/aromatic N) is 1. The van der Waals surface area contributed by atoms with Crippen molar-refractivity contribution in [1.82, 2.24) is 0 Å². The summed E-state index contributed by atoms with van der Waals surface area (Å²) in [5.74, 6) is 0. The molecular formula is C56H116ClN. The fraction of sp³-hybridized carbons (Fsp3) is 1.00. The number of unbranched alkanes of at least 4 members (excludes halogenated alkanes) is 44. The lowest BCUT2D eigenvalue weighted by molar-refractivity contribution is -0.929. The summed E-state index contributed by atoms with van der Waals surface area (Å²) in [6, 6.07) is 0. The third kappa shape index (κ3) is 47.3. The van der Waals surface area contributed by atoms with E-state index in [1.807, 2.05) is 0 Å². The minimum atomic E-state index is 0. The molecule has 0 aromatic rings. The number of rotatable bonds is 52. The van der Waals surface area contributed by atoms with Gasteiger partial charge in [-0.15, -0.1) is 0 Å². The lowest BCUT2D eigenvalue weighted by atomic mass is 10.0. The van der Waals surface area contributed by atoms with Crippen molar-refractivity contribution >= 4 is 0 Å². The van der Waals surface area contributed by atoms with E-state index in [1.54, 1.807) is 0 Å². The van der Waals surface area contributed by atoms with E-state index in [-0.39, 0.29) is 12.4 Å². The minimum Gasteiger partial charge on any atom is -1.00 e. The Morgan fingerprint density at radius 2 is 0.259 bits per heavy atom. The highest BCUT2D eigenvalue weighted by Crippen LogP contribution is 2.22. The molecule has 0 fully saturated rings. The Labute approximate surface area is 377 Å². The maximum Gasteiger partial charge on any atom is 0.0786 e. The standard InChI is InChI=1S/C56H116N.ClH/c1-5-9-13-17-21-25-29-33-37-41-45-49-53-57(54-50-46-42-38-34-30-26-22-18-14-10-6-2,55-51-47-43-39-35-31-27-23-19-15-11-7-3)56-52-48-44-40-36-32-28-24-20-16-12-8-4;/h5-56H2,1-4H3;1H/q+1;/p-1. The Morgan fingerprint density at radius 3 is 0.379 bits per heavy atom. The third-order valence-corrected chi connectivity index (χ3v) is 13.9. The summed E-state index contributed by atoms with van der Waals surface area (Å²) in [7, 11) is 0. The molecule has 0 bridgehead atoms. The molecule has 2 heteroatoms. The van der Waals surface area contributed by atoms with Crippen molar-refractivity contribution in [3.05, 3.63) is 0 Å². The molecule has 0 aromatic carbocycles. The van der Waals surface area contributed by atoms with Crippen LogP contribution in [0.4, 0.5) is 0 Å². The molecule has 1 nitrogen and oxygen atoms in total. The number of halogens is 1. The topological polar surface area (TPSA) is 0 Å². The van der Waals surface area contributed by atoms with Crippen molar-refractivity contribution in [3.8, 4) is 0 Å². The van der Waals surface area contributed by atoms with E-state index >= 15 is 0 Å². The monoisotopic (exact) mass is 838 g/mol. The molecule has 0 atom stereocenters. The molecule has 0 N–H and O–H groups in total. The molecule has 352 valence electrons. The minimum absolute atomic E-state index is 0. The molecule has 0 saturated heterocycles. The van der Waals surface area contributed by atoms with Gasteiger partial charge in [0, 0.05) is 0 Å². The molecule has 0 aliphatic carbocycles. The van der Waals surface area contributed by atoms with Crippen molar-refractivity contribution in [2.75, 3.05) is 26.2 Å². The molecule has 0 heterocycles. The molecule has 0 amide bonds. The van der Waals surface area contributed by atoms with Crippen LogP contribution in [0.25, 0.3) is 0 Å². The van der Waals surface area contributed by atoms with E-state index in [0.717, 1.165) is 0 Å². The Bertz CT molecular complexity index is 575. The van der Waals surface area contributed by atoms with Crippen LogP contribution in [-0.4, -0.2) is 30.7 Å². The van der Waals surface area contributed by atoms with Crippen LogP contribution in [-0.2, 0) is 0 Å². The lowest BCUT2D eigenvalue weighted by Gasteiger charge is -2.40. The number of hydrogen-bond acceptors (Lipinski definition) is 0. The predicted molar refractivity (Wildman–Crippen MR) is 264 cm³/mol. The average molecular weight is 839 g/mol. The van der Waals surface area contributed by atoms with E-state index in [9.17, 15) is 0 Å². The van der Waals surface area contributed by atoms with Crippen LogP contribution in [0.1, 0.15) is 336 Å². The Hall–Kier alpha value is 0.250. The highest BCUT2D eigenvalue weighted by molar-refractivity contribution is 4.57. The van der Waals surface area contributed by atoms with Gasteiger partial charge in [-0.05, 0) is 51.4 Å². The maximum atomic E-state index is 2.33. The first kappa shape index (κ1) is 60.3. The fourth-order valence-electron chi connectivity index (χ4n) is 9.82. The summed E-state index contributed by atoms with van der Waals surface area (Å²) in [5.41, 5.74) is 0. The molecular weight excluding hydrogens is 722 g/mol. The van der Waals surface area contributed by atoms with Gasteiger partial charge in [0.1, 0.15) is 0 Å². The maximum absolute atomic E-state index is 2.33. The molecule has 0 saturated carbocycles. The predicted octanol–water partition coefficient (Wildman–Crippen LogP) is 17.6. The zero-order chi connectivity index (χ0) is 41.3. The zero-order valence-electron chi connectivity index (χ0n) is 41.6. The van der Waals surface area contributed by atoms with Gasteiger partial charge < -0.3 is 16.9 Å². The van der Waals surface area contributed by atoms with Crippen LogP contribution >= 0.6 is 0 Å². The normalized spacial score (nSPS) is 11.8. The molecule has 0 aliphatic rings. The van der Waals surface area contributed by atoms with E-state index in [2.05, 4.69) is 27.7 Å². The molecule has 0 aliphatic heterocycles. The average Bonchev–Trinajstić information content (AvgIpc) is 3.22. The summed E-state index contributed by atoms with van der Waals surface area (Å²) >= 11 is 0. The van der Waals surface area contributed by atoms with Crippen molar-refractivity contribution in [1.29, 1.82) is 0 Å². The first-order valence-corrected chi connectivity index (χ1v) is 28.1. The van der Waals surface area contributed by atoms with Crippen LogP contribution < -0.4 is 12.4 Å². The van der Waals surface area contributed by atoms with E-state index in [1.165, 1.54) is 339 Å². The van der Waals surface area contributed by atoms with Gasteiger partial charge in [0.05, 0.1) is 26.2 Å². The zero-order valence-corrected chi connectivity index (χ0v) is 42.4. The Morgan fingerprint density at radius 1 is 0.155 bits per heavy atom. The highest BCUT2D eigenvalue weighted by atomic mass is 35.5. The van der Waals surface area contributed by atoms with Crippen molar-refractivity contribution in [2.24, 2.45) is 0 Å². The van der Waals surface area contributed by atoms with Crippen molar-refractivity contribution < 1.29 is 16.9 Å². The van der Waals surface area contributed by atoms with Crippen LogP contribution in [0.2, 0.25) is 0 Å². The second-order valence-electron chi connectivity index (χ2n) is 19.8. The van der Waals surface area contributed by atoms with Gasteiger partial charge in [0.15, 0.2) is 0 Å². The van der Waals surface area contributed by atoms with Crippen LogP contribution in [0.15, 0.2) is 0 Å². The first-order chi connectivity index (χ1) is 28.2. The molecule has 0 unspecified atom stereocenters. The second kappa shape index (κ2) is 53.4. The van der Waals surface area contributed by atoms with Gasteiger partial charge in [-0.2, -0.15) is 0 Å². The number of hydrogen-bond donors (Lipinski definition) is 0. The van der Waals surface area contributed by atoms with E-state index in [4.69, 9.17) is 0 Å². The Kier molecular flexibility index (Phi) is 55.5. The van der Waals surface area contributed by atoms with Gasteiger partial charge in [-0.25, -0.2) is 0 Å².